The summed E-state index contributed by atoms with van der Waals surface area (Å²) in [6.45, 7) is 2.52. The van der Waals surface area contributed by atoms with Crippen molar-refractivity contribution >= 4 is 0 Å². The molecule has 0 spiro atoms. The summed E-state index contributed by atoms with van der Waals surface area (Å²) >= 11 is 0. The van der Waals surface area contributed by atoms with Crippen LogP contribution in [0.25, 0.3) is 0 Å². The van der Waals surface area contributed by atoms with E-state index in [4.69, 9.17) is 10.5 Å². The van der Waals surface area contributed by atoms with Crippen molar-refractivity contribution in [2.24, 2.45) is 11.7 Å². The van der Waals surface area contributed by atoms with Gasteiger partial charge in [0.25, 0.3) is 0 Å². The van der Waals surface area contributed by atoms with Crippen molar-refractivity contribution in [1.29, 1.82) is 0 Å². The number of benzene rings is 1. The van der Waals surface area contributed by atoms with Crippen LogP contribution in [-0.2, 0) is 10.3 Å². The third-order valence-corrected chi connectivity index (χ3v) is 4.22. The maximum Gasteiger partial charge on any atom is 0.0881 e. The van der Waals surface area contributed by atoms with Gasteiger partial charge in [-0.05, 0) is 24.3 Å². The highest BCUT2D eigenvalue weighted by Crippen LogP contribution is 2.28. The summed E-state index contributed by atoms with van der Waals surface area (Å²) in [4.78, 5) is 0. The van der Waals surface area contributed by atoms with Gasteiger partial charge in [0.05, 0.1) is 24.9 Å². The number of nitrogens with two attached hydrogens (primary N) is 1. The van der Waals surface area contributed by atoms with E-state index < -0.39 is 5.54 Å². The van der Waals surface area contributed by atoms with Crippen molar-refractivity contribution in [3.63, 3.8) is 0 Å². The van der Waals surface area contributed by atoms with E-state index in [1.54, 1.807) is 0 Å². The fraction of sp³-hybridized carbons (Fsp3) is 0.625. The monoisotopic (exact) mass is 263 g/mol. The summed E-state index contributed by atoms with van der Waals surface area (Å²) in [5, 5.41) is 9.63. The minimum absolute atomic E-state index is 0.0991. The molecule has 3 N–H and O–H groups in total. The number of aliphatic hydroxyl groups is 1. The van der Waals surface area contributed by atoms with Crippen LogP contribution in [0.1, 0.15) is 38.2 Å². The SMILES string of the molecule is CC1CCCCC1OCC(N)(CO)c1ccccc1. The molecule has 1 aromatic carbocycles. The lowest BCUT2D eigenvalue weighted by Gasteiger charge is -2.34. The molecule has 3 heteroatoms. The van der Waals surface area contributed by atoms with Crippen LogP contribution in [0.15, 0.2) is 30.3 Å². The Morgan fingerprint density at radius 3 is 2.58 bits per heavy atom. The molecule has 2 rings (SSSR count). The number of hydrogen-bond donors (Lipinski definition) is 2. The molecule has 0 amide bonds. The molecule has 0 aliphatic heterocycles. The fourth-order valence-electron chi connectivity index (χ4n) is 2.78. The third kappa shape index (κ3) is 3.56. The minimum Gasteiger partial charge on any atom is -0.394 e. The van der Waals surface area contributed by atoms with Gasteiger partial charge in [-0.15, -0.1) is 0 Å². The number of rotatable bonds is 5. The second-order valence-electron chi connectivity index (χ2n) is 5.79. The lowest BCUT2D eigenvalue weighted by Crippen LogP contribution is -2.46. The molecule has 1 aliphatic rings. The minimum atomic E-state index is -0.793. The molecule has 3 atom stereocenters. The molecule has 0 bridgehead atoms. The van der Waals surface area contributed by atoms with Crippen LogP contribution < -0.4 is 5.73 Å². The Balaban J connectivity index is 1.99. The Bertz CT molecular complexity index is 382. The van der Waals surface area contributed by atoms with Gasteiger partial charge in [0.1, 0.15) is 0 Å². The first-order valence-electron chi connectivity index (χ1n) is 7.22. The molecular formula is C16H25NO2. The molecule has 3 unspecified atom stereocenters. The van der Waals surface area contributed by atoms with Gasteiger partial charge in [-0.25, -0.2) is 0 Å². The molecule has 19 heavy (non-hydrogen) atoms. The first-order valence-corrected chi connectivity index (χ1v) is 7.22. The van der Waals surface area contributed by atoms with Crippen LogP contribution in [0.5, 0.6) is 0 Å². The van der Waals surface area contributed by atoms with Gasteiger partial charge < -0.3 is 15.6 Å². The molecule has 1 aromatic rings. The number of hydrogen-bond acceptors (Lipinski definition) is 3. The molecule has 1 saturated carbocycles. The third-order valence-electron chi connectivity index (χ3n) is 4.22. The molecule has 0 aromatic heterocycles. The van der Waals surface area contributed by atoms with Crippen molar-refractivity contribution < 1.29 is 9.84 Å². The normalized spacial score (nSPS) is 26.9. The van der Waals surface area contributed by atoms with Gasteiger partial charge in [0.15, 0.2) is 0 Å². The van der Waals surface area contributed by atoms with E-state index in [0.717, 1.165) is 12.0 Å². The Labute approximate surface area is 115 Å². The predicted molar refractivity (Wildman–Crippen MR) is 76.8 cm³/mol. The van der Waals surface area contributed by atoms with Gasteiger partial charge >= 0.3 is 0 Å². The van der Waals surface area contributed by atoms with Crippen LogP contribution in [0.3, 0.4) is 0 Å². The number of ether oxygens (including phenoxy) is 1. The number of aliphatic hydroxyl groups excluding tert-OH is 1. The highest BCUT2D eigenvalue weighted by Gasteiger charge is 2.30. The van der Waals surface area contributed by atoms with Gasteiger partial charge in [0, 0.05) is 0 Å². The first-order chi connectivity index (χ1) is 9.15. The summed E-state index contributed by atoms with van der Waals surface area (Å²) in [5.41, 5.74) is 6.44. The van der Waals surface area contributed by atoms with Crippen LogP contribution >= 0.6 is 0 Å². The average molecular weight is 263 g/mol. The van der Waals surface area contributed by atoms with Crippen molar-refractivity contribution in [3.8, 4) is 0 Å². The summed E-state index contributed by atoms with van der Waals surface area (Å²) in [5.74, 6) is 0.590. The van der Waals surface area contributed by atoms with Gasteiger partial charge in [0.2, 0.25) is 0 Å². The quantitative estimate of drug-likeness (QED) is 0.858. The Hall–Kier alpha value is -0.900. The van der Waals surface area contributed by atoms with Crippen molar-refractivity contribution in [2.75, 3.05) is 13.2 Å². The molecule has 1 aliphatic carbocycles. The Morgan fingerprint density at radius 1 is 1.26 bits per heavy atom. The molecule has 0 saturated heterocycles. The summed E-state index contributed by atoms with van der Waals surface area (Å²) < 4.78 is 6.02. The van der Waals surface area contributed by atoms with Crippen molar-refractivity contribution in [1.82, 2.24) is 0 Å². The molecule has 0 heterocycles. The topological polar surface area (TPSA) is 55.5 Å². The van der Waals surface area contributed by atoms with E-state index in [1.807, 2.05) is 30.3 Å². The standard InChI is InChI=1S/C16H25NO2/c1-13-7-5-6-10-15(13)19-12-16(17,11-18)14-8-3-2-4-9-14/h2-4,8-9,13,15,18H,5-7,10-12,17H2,1H3. The predicted octanol–water partition coefficient (Wildman–Crippen LogP) is 2.43. The smallest absolute Gasteiger partial charge is 0.0881 e. The Morgan fingerprint density at radius 2 is 1.95 bits per heavy atom. The highest BCUT2D eigenvalue weighted by atomic mass is 16.5. The van der Waals surface area contributed by atoms with Crippen molar-refractivity contribution in [3.05, 3.63) is 35.9 Å². The maximum atomic E-state index is 9.63. The van der Waals surface area contributed by atoms with Crippen LogP contribution in [0.4, 0.5) is 0 Å². The first kappa shape index (κ1) is 14.5. The van der Waals surface area contributed by atoms with E-state index in [1.165, 1.54) is 19.3 Å². The van der Waals surface area contributed by atoms with E-state index in [0.29, 0.717) is 12.5 Å². The second-order valence-corrected chi connectivity index (χ2v) is 5.79. The van der Waals surface area contributed by atoms with Crippen LogP contribution in [0.2, 0.25) is 0 Å². The zero-order valence-corrected chi connectivity index (χ0v) is 11.7. The zero-order chi connectivity index (χ0) is 13.7. The molecule has 0 radical (unpaired) electrons. The zero-order valence-electron chi connectivity index (χ0n) is 11.7. The second kappa shape index (κ2) is 6.51. The average Bonchev–Trinajstić information content (AvgIpc) is 2.47. The van der Waals surface area contributed by atoms with Gasteiger partial charge in [-0.3, -0.25) is 0 Å². The highest BCUT2D eigenvalue weighted by molar-refractivity contribution is 5.24. The van der Waals surface area contributed by atoms with E-state index in [-0.39, 0.29) is 12.7 Å². The van der Waals surface area contributed by atoms with Gasteiger partial charge in [-0.1, -0.05) is 50.1 Å². The lowest BCUT2D eigenvalue weighted by molar-refractivity contribution is -0.0390. The molecule has 1 fully saturated rings. The van der Waals surface area contributed by atoms with E-state index in [9.17, 15) is 5.11 Å². The van der Waals surface area contributed by atoms with Crippen LogP contribution in [-0.4, -0.2) is 24.4 Å². The largest absolute Gasteiger partial charge is 0.394 e. The molecule has 106 valence electrons. The van der Waals surface area contributed by atoms with Gasteiger partial charge in [-0.2, -0.15) is 0 Å². The maximum absolute atomic E-state index is 9.63. The Kier molecular flexibility index (Phi) is 4.97. The molecular weight excluding hydrogens is 238 g/mol. The van der Waals surface area contributed by atoms with E-state index >= 15 is 0 Å². The molecule has 3 nitrogen and oxygen atoms in total. The fourth-order valence-corrected chi connectivity index (χ4v) is 2.78. The summed E-state index contributed by atoms with van der Waals surface area (Å²) in [6, 6.07) is 9.73. The summed E-state index contributed by atoms with van der Waals surface area (Å²) in [6.07, 6.45) is 5.15. The van der Waals surface area contributed by atoms with Crippen molar-refractivity contribution in [2.45, 2.75) is 44.2 Å². The van der Waals surface area contributed by atoms with E-state index in [2.05, 4.69) is 6.92 Å². The van der Waals surface area contributed by atoms with Crippen LogP contribution in [0, 0.1) is 5.92 Å². The lowest BCUT2D eigenvalue weighted by atomic mass is 9.87. The summed E-state index contributed by atoms with van der Waals surface area (Å²) in [7, 11) is 0.